The van der Waals surface area contributed by atoms with Gasteiger partial charge in [0.1, 0.15) is 6.04 Å². The first kappa shape index (κ1) is 20.1. The number of nitrogens with zero attached hydrogens (tertiary/aromatic N) is 1. The molecule has 1 aliphatic heterocycles. The second-order valence-corrected chi connectivity index (χ2v) is 6.19. The summed E-state index contributed by atoms with van der Waals surface area (Å²) < 4.78 is 37.5. The normalized spacial score (nSPS) is 14.4. The SMILES string of the molecule is CC(C(=O)Nc1ccccc1NC(=O)C(F)(F)F)N1C(=O)c2ccccc2C1=O. The van der Waals surface area contributed by atoms with E-state index in [9.17, 15) is 32.3 Å². The van der Waals surface area contributed by atoms with Crippen molar-refractivity contribution in [1.29, 1.82) is 0 Å². The van der Waals surface area contributed by atoms with Gasteiger partial charge in [-0.1, -0.05) is 24.3 Å². The lowest BCUT2D eigenvalue weighted by Crippen LogP contribution is -2.45. The molecule has 1 aliphatic rings. The van der Waals surface area contributed by atoms with Gasteiger partial charge < -0.3 is 10.6 Å². The van der Waals surface area contributed by atoms with Crippen LogP contribution in [0.4, 0.5) is 24.5 Å². The molecule has 1 unspecified atom stereocenters. The van der Waals surface area contributed by atoms with E-state index in [0.29, 0.717) is 0 Å². The van der Waals surface area contributed by atoms with Gasteiger partial charge >= 0.3 is 12.1 Å². The highest BCUT2D eigenvalue weighted by atomic mass is 19.4. The minimum absolute atomic E-state index is 0.112. The van der Waals surface area contributed by atoms with Crippen LogP contribution in [0.25, 0.3) is 0 Å². The Morgan fingerprint density at radius 3 is 1.79 bits per heavy atom. The highest BCUT2D eigenvalue weighted by Gasteiger charge is 2.41. The van der Waals surface area contributed by atoms with Crippen LogP contribution in [0, 0.1) is 0 Å². The summed E-state index contributed by atoms with van der Waals surface area (Å²) in [6.07, 6.45) is -5.11. The molecule has 3 rings (SSSR count). The van der Waals surface area contributed by atoms with E-state index < -0.39 is 35.8 Å². The summed E-state index contributed by atoms with van der Waals surface area (Å²) in [5.74, 6) is -4.31. The second kappa shape index (κ2) is 7.38. The lowest BCUT2D eigenvalue weighted by Gasteiger charge is -2.22. The first-order valence-electron chi connectivity index (χ1n) is 8.36. The van der Waals surface area contributed by atoms with E-state index in [1.807, 2.05) is 0 Å². The highest BCUT2D eigenvalue weighted by Crippen LogP contribution is 2.27. The summed E-state index contributed by atoms with van der Waals surface area (Å²) in [5.41, 5.74) is -0.0683. The Morgan fingerprint density at radius 2 is 1.31 bits per heavy atom. The van der Waals surface area contributed by atoms with E-state index in [-0.39, 0.29) is 22.5 Å². The lowest BCUT2D eigenvalue weighted by atomic mass is 10.1. The Kier molecular flexibility index (Phi) is 5.10. The average molecular weight is 405 g/mol. The molecule has 4 amide bonds. The van der Waals surface area contributed by atoms with Crippen LogP contribution in [-0.2, 0) is 9.59 Å². The van der Waals surface area contributed by atoms with E-state index in [4.69, 9.17) is 0 Å². The molecule has 0 bridgehead atoms. The predicted octanol–water partition coefficient (Wildman–Crippen LogP) is 2.81. The van der Waals surface area contributed by atoms with Crippen molar-refractivity contribution in [2.24, 2.45) is 0 Å². The molecule has 1 atom stereocenters. The number of fused-ring (bicyclic) bond motifs is 1. The monoisotopic (exact) mass is 405 g/mol. The molecule has 1 heterocycles. The molecule has 2 aromatic rings. The zero-order valence-corrected chi connectivity index (χ0v) is 14.9. The molecule has 0 radical (unpaired) electrons. The van der Waals surface area contributed by atoms with Gasteiger partial charge in [0.15, 0.2) is 0 Å². The fourth-order valence-electron chi connectivity index (χ4n) is 2.81. The predicted molar refractivity (Wildman–Crippen MR) is 96.2 cm³/mol. The Bertz CT molecular complexity index is 985. The fraction of sp³-hybridized carbons (Fsp3) is 0.158. The number of hydrogen-bond donors (Lipinski definition) is 2. The first-order chi connectivity index (χ1) is 13.6. The van der Waals surface area contributed by atoms with Crippen molar-refractivity contribution in [2.75, 3.05) is 10.6 Å². The van der Waals surface area contributed by atoms with Gasteiger partial charge in [-0.2, -0.15) is 13.2 Å². The van der Waals surface area contributed by atoms with Crippen LogP contribution in [0.2, 0.25) is 0 Å². The van der Waals surface area contributed by atoms with Gasteiger partial charge in [-0.15, -0.1) is 0 Å². The van der Waals surface area contributed by atoms with Crippen molar-refractivity contribution in [2.45, 2.75) is 19.1 Å². The van der Waals surface area contributed by atoms with Crippen molar-refractivity contribution in [3.63, 3.8) is 0 Å². The number of halogens is 3. The van der Waals surface area contributed by atoms with Gasteiger partial charge in [0.05, 0.1) is 22.5 Å². The Labute approximate surface area is 162 Å². The van der Waals surface area contributed by atoms with E-state index in [1.54, 1.807) is 17.4 Å². The molecule has 7 nitrogen and oxygen atoms in total. The molecule has 0 spiro atoms. The third-order valence-corrected chi connectivity index (χ3v) is 4.28. The minimum atomic E-state index is -5.11. The number of alkyl halides is 3. The Hall–Kier alpha value is -3.69. The van der Waals surface area contributed by atoms with E-state index in [0.717, 1.165) is 4.90 Å². The number of para-hydroxylation sites is 2. The zero-order valence-electron chi connectivity index (χ0n) is 14.9. The summed E-state index contributed by atoms with van der Waals surface area (Å²) in [7, 11) is 0. The van der Waals surface area contributed by atoms with Crippen LogP contribution < -0.4 is 10.6 Å². The van der Waals surface area contributed by atoms with Crippen molar-refractivity contribution >= 4 is 35.0 Å². The Balaban J connectivity index is 1.79. The number of nitrogens with one attached hydrogen (secondary N) is 2. The molecule has 0 aliphatic carbocycles. The third kappa shape index (κ3) is 3.82. The smallest absolute Gasteiger partial charge is 0.322 e. The largest absolute Gasteiger partial charge is 0.471 e. The molecule has 2 N–H and O–H groups in total. The van der Waals surface area contributed by atoms with E-state index >= 15 is 0 Å². The van der Waals surface area contributed by atoms with Crippen LogP contribution in [0.15, 0.2) is 48.5 Å². The maximum absolute atomic E-state index is 12.6. The van der Waals surface area contributed by atoms with Crippen LogP contribution in [-0.4, -0.2) is 40.7 Å². The minimum Gasteiger partial charge on any atom is -0.322 e. The van der Waals surface area contributed by atoms with E-state index in [2.05, 4.69) is 5.32 Å². The Morgan fingerprint density at radius 1 is 0.862 bits per heavy atom. The summed E-state index contributed by atoms with van der Waals surface area (Å²) in [6.45, 7) is 1.31. The highest BCUT2D eigenvalue weighted by molar-refractivity contribution is 6.23. The maximum atomic E-state index is 12.6. The summed E-state index contributed by atoms with van der Waals surface area (Å²) in [5, 5.41) is 4.01. The molecule has 0 saturated heterocycles. The van der Waals surface area contributed by atoms with Gasteiger partial charge in [0, 0.05) is 0 Å². The number of rotatable bonds is 4. The molecule has 150 valence electrons. The van der Waals surface area contributed by atoms with Crippen LogP contribution in [0.1, 0.15) is 27.6 Å². The molecule has 0 aromatic heterocycles. The van der Waals surface area contributed by atoms with E-state index in [1.165, 1.54) is 43.3 Å². The number of hydrogen-bond acceptors (Lipinski definition) is 4. The average Bonchev–Trinajstić information content (AvgIpc) is 2.93. The first-order valence-corrected chi connectivity index (χ1v) is 8.36. The fourth-order valence-corrected chi connectivity index (χ4v) is 2.81. The lowest BCUT2D eigenvalue weighted by molar-refractivity contribution is -0.167. The number of amides is 4. The topological polar surface area (TPSA) is 95.6 Å². The van der Waals surface area contributed by atoms with Crippen molar-refractivity contribution in [3.05, 3.63) is 59.7 Å². The van der Waals surface area contributed by atoms with Gasteiger partial charge in [-0.05, 0) is 31.2 Å². The molecule has 0 fully saturated rings. The summed E-state index contributed by atoms with van der Waals surface area (Å²) in [4.78, 5) is 49.5. The second-order valence-electron chi connectivity index (χ2n) is 6.19. The molecule has 10 heteroatoms. The maximum Gasteiger partial charge on any atom is 0.471 e. The molecular weight excluding hydrogens is 391 g/mol. The summed E-state index contributed by atoms with van der Waals surface area (Å²) in [6, 6.07) is 10.1. The van der Waals surface area contributed by atoms with Gasteiger partial charge in [0.25, 0.3) is 11.8 Å². The van der Waals surface area contributed by atoms with Gasteiger partial charge in [0.2, 0.25) is 5.91 Å². The quantitative estimate of drug-likeness (QED) is 0.765. The molecular formula is C19H14F3N3O4. The number of imide groups is 1. The standard InChI is InChI=1S/C19H14F3N3O4/c1-10(25-16(27)11-6-2-3-7-12(11)17(25)28)15(26)23-13-8-4-5-9-14(13)24-18(29)19(20,21)22/h2-10H,1H3,(H,23,26)(H,24,29). The van der Waals surface area contributed by atoms with Gasteiger partial charge in [-0.3, -0.25) is 24.1 Å². The third-order valence-electron chi connectivity index (χ3n) is 4.28. The number of benzene rings is 2. The van der Waals surface area contributed by atoms with Crippen LogP contribution >= 0.6 is 0 Å². The summed E-state index contributed by atoms with van der Waals surface area (Å²) >= 11 is 0. The van der Waals surface area contributed by atoms with Crippen molar-refractivity contribution in [3.8, 4) is 0 Å². The van der Waals surface area contributed by atoms with Crippen LogP contribution in [0.5, 0.6) is 0 Å². The molecule has 0 saturated carbocycles. The van der Waals surface area contributed by atoms with Gasteiger partial charge in [-0.25, -0.2) is 0 Å². The van der Waals surface area contributed by atoms with Crippen molar-refractivity contribution < 1.29 is 32.3 Å². The number of anilines is 2. The molecule has 29 heavy (non-hydrogen) atoms. The molecule has 2 aromatic carbocycles. The zero-order chi connectivity index (χ0) is 21.3. The number of carbonyl (C=O) groups is 4. The van der Waals surface area contributed by atoms with Crippen LogP contribution in [0.3, 0.4) is 0 Å². The van der Waals surface area contributed by atoms with Crippen molar-refractivity contribution in [1.82, 2.24) is 4.90 Å². The number of carbonyl (C=O) groups excluding carboxylic acids is 4.